The minimum absolute atomic E-state index is 0.893. The highest BCUT2D eigenvalue weighted by Gasteiger charge is 1.88. The second kappa shape index (κ2) is 3.52. The summed E-state index contributed by atoms with van der Waals surface area (Å²) in [5, 5.41) is 0.893. The van der Waals surface area contributed by atoms with E-state index in [-0.39, 0.29) is 0 Å². The van der Waals surface area contributed by atoms with Gasteiger partial charge in [0.05, 0.1) is 5.69 Å². The van der Waals surface area contributed by atoms with Gasteiger partial charge >= 0.3 is 0 Å². The maximum atomic E-state index is 3.78. The first-order valence-corrected chi connectivity index (χ1v) is 4.10. The Labute approximate surface area is 68.9 Å². The molecular weight excluding hydrogens is 190 g/mol. The lowest BCUT2D eigenvalue weighted by molar-refractivity contribution is 1.42. The van der Waals surface area contributed by atoms with Gasteiger partial charge in [-0.2, -0.15) is 0 Å². The molecule has 1 aromatic rings. The van der Waals surface area contributed by atoms with Crippen molar-refractivity contribution in [1.29, 1.82) is 0 Å². The predicted molar refractivity (Wildman–Crippen MR) is 48.3 cm³/mol. The molecule has 0 heterocycles. The van der Waals surface area contributed by atoms with Crippen LogP contribution < -0.4 is 0 Å². The van der Waals surface area contributed by atoms with Gasteiger partial charge in [-0.25, -0.2) is 0 Å². The van der Waals surface area contributed by atoms with E-state index in [1.54, 1.807) is 0 Å². The summed E-state index contributed by atoms with van der Waals surface area (Å²) < 4.78 is 0. The van der Waals surface area contributed by atoms with Crippen molar-refractivity contribution in [3.63, 3.8) is 0 Å². The minimum atomic E-state index is 0.893. The van der Waals surface area contributed by atoms with Gasteiger partial charge in [-0.15, -0.1) is 0 Å². The van der Waals surface area contributed by atoms with E-state index < -0.39 is 0 Å². The monoisotopic (exact) mass is 197 g/mol. The summed E-state index contributed by atoms with van der Waals surface area (Å²) >= 11 is 3.36. The largest absolute Gasteiger partial charge is 0.265 e. The SMILES string of the molecule is C=Nc1ccc(CBr)cc1. The molecule has 0 N–H and O–H groups in total. The van der Waals surface area contributed by atoms with Crippen molar-refractivity contribution in [3.8, 4) is 0 Å². The summed E-state index contributed by atoms with van der Waals surface area (Å²) in [6.07, 6.45) is 0. The van der Waals surface area contributed by atoms with E-state index in [1.807, 2.05) is 24.3 Å². The van der Waals surface area contributed by atoms with Crippen LogP contribution in [0.15, 0.2) is 29.3 Å². The number of nitrogens with zero attached hydrogens (tertiary/aromatic N) is 1. The number of hydrogen-bond acceptors (Lipinski definition) is 1. The van der Waals surface area contributed by atoms with Crippen molar-refractivity contribution in [2.24, 2.45) is 4.99 Å². The van der Waals surface area contributed by atoms with Gasteiger partial charge < -0.3 is 0 Å². The van der Waals surface area contributed by atoms with Crippen LogP contribution in [0.4, 0.5) is 5.69 Å². The van der Waals surface area contributed by atoms with Crippen LogP contribution in [-0.2, 0) is 5.33 Å². The number of halogens is 1. The predicted octanol–water partition coefficient (Wildman–Crippen LogP) is 2.91. The van der Waals surface area contributed by atoms with Crippen LogP contribution in [0.5, 0.6) is 0 Å². The Morgan fingerprint density at radius 3 is 2.30 bits per heavy atom. The molecule has 10 heavy (non-hydrogen) atoms. The zero-order valence-electron chi connectivity index (χ0n) is 5.55. The molecule has 0 aliphatic carbocycles. The Balaban J connectivity index is 2.90. The summed E-state index contributed by atoms with van der Waals surface area (Å²) in [6.45, 7) is 3.42. The molecule has 0 spiro atoms. The second-order valence-corrected chi connectivity index (χ2v) is 2.52. The average Bonchev–Trinajstić information content (AvgIpc) is 2.05. The molecule has 1 aromatic carbocycles. The second-order valence-electron chi connectivity index (χ2n) is 1.96. The quantitative estimate of drug-likeness (QED) is 0.511. The third-order valence-electron chi connectivity index (χ3n) is 1.27. The van der Waals surface area contributed by atoms with Crippen LogP contribution in [0.1, 0.15) is 5.56 Å². The summed E-state index contributed by atoms with van der Waals surface area (Å²) in [5.41, 5.74) is 2.18. The molecule has 2 heteroatoms. The van der Waals surface area contributed by atoms with Crippen molar-refractivity contribution >= 4 is 28.3 Å². The summed E-state index contributed by atoms with van der Waals surface area (Å²) in [4.78, 5) is 3.78. The number of aliphatic imine (C=N–C) groups is 1. The standard InChI is InChI=1S/C8H8BrN/c1-10-8-4-2-7(6-9)3-5-8/h2-5H,1,6H2. The van der Waals surface area contributed by atoms with Gasteiger partial charge in [0.15, 0.2) is 0 Å². The molecule has 0 aliphatic rings. The van der Waals surface area contributed by atoms with E-state index in [9.17, 15) is 0 Å². The van der Waals surface area contributed by atoms with Crippen molar-refractivity contribution < 1.29 is 0 Å². The molecule has 0 fully saturated rings. The van der Waals surface area contributed by atoms with Gasteiger partial charge in [0.1, 0.15) is 0 Å². The summed E-state index contributed by atoms with van der Waals surface area (Å²) in [5.74, 6) is 0. The first-order valence-electron chi connectivity index (χ1n) is 2.98. The van der Waals surface area contributed by atoms with Crippen LogP contribution in [0.25, 0.3) is 0 Å². The fourth-order valence-corrected chi connectivity index (χ4v) is 1.06. The zero-order chi connectivity index (χ0) is 7.40. The highest BCUT2D eigenvalue weighted by molar-refractivity contribution is 9.08. The normalized spacial score (nSPS) is 9.30. The lowest BCUT2D eigenvalue weighted by Crippen LogP contribution is -1.72. The molecule has 0 saturated carbocycles. The lowest BCUT2D eigenvalue weighted by atomic mass is 10.2. The molecule has 0 unspecified atom stereocenters. The first kappa shape index (κ1) is 7.48. The average molecular weight is 198 g/mol. The van der Waals surface area contributed by atoms with Crippen LogP contribution in [0.3, 0.4) is 0 Å². The smallest absolute Gasteiger partial charge is 0.0622 e. The molecule has 1 rings (SSSR count). The van der Waals surface area contributed by atoms with Crippen molar-refractivity contribution in [2.75, 3.05) is 0 Å². The molecular formula is C8H8BrN. The molecule has 0 radical (unpaired) electrons. The van der Waals surface area contributed by atoms with Crippen molar-refractivity contribution in [2.45, 2.75) is 5.33 Å². The van der Waals surface area contributed by atoms with E-state index in [1.165, 1.54) is 5.56 Å². The Morgan fingerprint density at radius 2 is 1.90 bits per heavy atom. The molecule has 0 amide bonds. The molecule has 0 aromatic heterocycles. The summed E-state index contributed by atoms with van der Waals surface area (Å²) in [7, 11) is 0. The molecule has 0 atom stereocenters. The Kier molecular flexibility index (Phi) is 2.63. The molecule has 0 aliphatic heterocycles. The van der Waals surface area contributed by atoms with Crippen LogP contribution >= 0.6 is 15.9 Å². The van der Waals surface area contributed by atoms with Gasteiger partial charge in [0.25, 0.3) is 0 Å². The zero-order valence-corrected chi connectivity index (χ0v) is 7.13. The highest BCUT2D eigenvalue weighted by atomic mass is 79.9. The molecule has 0 saturated heterocycles. The minimum Gasteiger partial charge on any atom is -0.265 e. The van der Waals surface area contributed by atoms with Crippen LogP contribution in [0, 0.1) is 0 Å². The van der Waals surface area contributed by atoms with Crippen LogP contribution in [0.2, 0.25) is 0 Å². The Hall–Kier alpha value is -0.630. The topological polar surface area (TPSA) is 12.4 Å². The number of hydrogen-bond donors (Lipinski definition) is 0. The molecule has 1 nitrogen and oxygen atoms in total. The fourth-order valence-electron chi connectivity index (χ4n) is 0.690. The molecule has 0 bridgehead atoms. The Morgan fingerprint density at radius 1 is 1.30 bits per heavy atom. The van der Waals surface area contributed by atoms with Gasteiger partial charge in [0.2, 0.25) is 0 Å². The highest BCUT2D eigenvalue weighted by Crippen LogP contribution is 2.13. The number of alkyl halides is 1. The van der Waals surface area contributed by atoms with Gasteiger partial charge in [-0.05, 0) is 24.4 Å². The number of rotatable bonds is 2. The third kappa shape index (κ3) is 1.67. The van der Waals surface area contributed by atoms with E-state index in [0.717, 1.165) is 11.0 Å². The van der Waals surface area contributed by atoms with E-state index >= 15 is 0 Å². The van der Waals surface area contributed by atoms with Gasteiger partial charge in [-0.3, -0.25) is 4.99 Å². The summed E-state index contributed by atoms with van der Waals surface area (Å²) in [6, 6.07) is 7.95. The Bertz CT molecular complexity index is 215. The third-order valence-corrected chi connectivity index (χ3v) is 1.92. The maximum Gasteiger partial charge on any atom is 0.0622 e. The molecule has 52 valence electrons. The van der Waals surface area contributed by atoms with Crippen molar-refractivity contribution in [3.05, 3.63) is 29.8 Å². The van der Waals surface area contributed by atoms with Gasteiger partial charge in [0, 0.05) is 5.33 Å². The first-order chi connectivity index (χ1) is 4.86. The fraction of sp³-hybridized carbons (Fsp3) is 0.125. The van der Waals surface area contributed by atoms with E-state index in [4.69, 9.17) is 0 Å². The maximum absolute atomic E-state index is 3.78. The van der Waals surface area contributed by atoms with E-state index in [2.05, 4.69) is 27.6 Å². The van der Waals surface area contributed by atoms with E-state index in [0.29, 0.717) is 0 Å². The lowest BCUT2D eigenvalue weighted by Gasteiger charge is -1.94. The van der Waals surface area contributed by atoms with Crippen molar-refractivity contribution in [1.82, 2.24) is 0 Å². The number of benzene rings is 1. The van der Waals surface area contributed by atoms with Gasteiger partial charge in [-0.1, -0.05) is 28.1 Å². The van der Waals surface area contributed by atoms with Crippen LogP contribution in [-0.4, -0.2) is 6.72 Å².